The number of amides is 1. The molecule has 9 heteroatoms. The van der Waals surface area contributed by atoms with Crippen LogP contribution in [0.5, 0.6) is 0 Å². The van der Waals surface area contributed by atoms with Gasteiger partial charge in [-0.3, -0.25) is 9.52 Å². The molecule has 0 atom stereocenters. The highest BCUT2D eigenvalue weighted by Gasteiger charge is 2.16. The summed E-state index contributed by atoms with van der Waals surface area (Å²) in [7, 11) is -3.86. The molecule has 0 saturated carbocycles. The SMILES string of the molecule is O=C(CCSc1ccccc1Cl)Nc1cccc(S(=O)(=O)Nc2ccccc2Cl)c1. The van der Waals surface area contributed by atoms with E-state index in [-0.39, 0.29) is 22.9 Å². The summed E-state index contributed by atoms with van der Waals surface area (Å²) in [5, 5.41) is 3.67. The zero-order valence-corrected chi connectivity index (χ0v) is 18.8. The second-order valence-electron chi connectivity index (χ2n) is 6.19. The molecule has 2 N–H and O–H groups in total. The van der Waals surface area contributed by atoms with Crippen molar-refractivity contribution in [3.63, 3.8) is 0 Å². The summed E-state index contributed by atoms with van der Waals surface area (Å²) in [5.41, 5.74) is 0.676. The van der Waals surface area contributed by atoms with E-state index in [0.717, 1.165) is 4.90 Å². The Balaban J connectivity index is 1.61. The molecule has 0 fully saturated rings. The summed E-state index contributed by atoms with van der Waals surface area (Å²) >= 11 is 13.6. The quantitative estimate of drug-likeness (QED) is 0.392. The Bertz CT molecular complexity index is 1150. The number of nitrogens with one attached hydrogen (secondary N) is 2. The van der Waals surface area contributed by atoms with Gasteiger partial charge in [-0.25, -0.2) is 8.42 Å². The third-order valence-electron chi connectivity index (χ3n) is 3.97. The predicted molar refractivity (Wildman–Crippen MR) is 124 cm³/mol. The monoisotopic (exact) mass is 480 g/mol. The largest absolute Gasteiger partial charge is 0.326 e. The molecule has 0 aliphatic rings. The number of carbonyl (C=O) groups excluding carboxylic acids is 1. The summed E-state index contributed by atoms with van der Waals surface area (Å²) in [6.07, 6.45) is 0.255. The van der Waals surface area contributed by atoms with Crippen LogP contribution in [0.15, 0.2) is 82.6 Å². The highest BCUT2D eigenvalue weighted by Crippen LogP contribution is 2.27. The second-order valence-corrected chi connectivity index (χ2v) is 9.82. The molecule has 30 heavy (non-hydrogen) atoms. The first-order valence-corrected chi connectivity index (χ1v) is 12.1. The molecule has 5 nitrogen and oxygen atoms in total. The first kappa shape index (κ1) is 22.5. The molecule has 0 saturated heterocycles. The van der Waals surface area contributed by atoms with E-state index in [1.165, 1.54) is 23.9 Å². The smallest absolute Gasteiger partial charge is 0.262 e. The van der Waals surface area contributed by atoms with E-state index >= 15 is 0 Å². The molecule has 156 valence electrons. The van der Waals surface area contributed by atoms with E-state index in [4.69, 9.17) is 23.2 Å². The number of hydrogen-bond acceptors (Lipinski definition) is 4. The first-order valence-electron chi connectivity index (χ1n) is 8.90. The molecule has 3 rings (SSSR count). The Hall–Kier alpha value is -2.19. The van der Waals surface area contributed by atoms with E-state index in [1.54, 1.807) is 42.5 Å². The number of anilines is 2. The molecule has 0 aliphatic heterocycles. The van der Waals surface area contributed by atoms with Crippen LogP contribution in [0.3, 0.4) is 0 Å². The average Bonchev–Trinajstić information content (AvgIpc) is 2.71. The van der Waals surface area contributed by atoms with Crippen LogP contribution in [-0.2, 0) is 14.8 Å². The topological polar surface area (TPSA) is 75.3 Å². The summed E-state index contributed by atoms with van der Waals surface area (Å²) < 4.78 is 27.8. The lowest BCUT2D eigenvalue weighted by Crippen LogP contribution is -2.15. The Kier molecular flexibility index (Phi) is 7.66. The molecule has 3 aromatic rings. The van der Waals surface area contributed by atoms with Gasteiger partial charge in [-0.1, -0.05) is 53.5 Å². The van der Waals surface area contributed by atoms with Gasteiger partial charge in [0.2, 0.25) is 5.91 Å². The fraction of sp³-hybridized carbons (Fsp3) is 0.0952. The maximum absolute atomic E-state index is 12.7. The normalized spacial score (nSPS) is 11.1. The van der Waals surface area contributed by atoms with Crippen LogP contribution < -0.4 is 10.0 Å². The van der Waals surface area contributed by atoms with Gasteiger partial charge in [-0.2, -0.15) is 0 Å². The number of para-hydroxylation sites is 1. The van der Waals surface area contributed by atoms with Crippen LogP contribution in [0.25, 0.3) is 0 Å². The molecule has 1 amide bonds. The molecule has 0 heterocycles. The number of carbonyl (C=O) groups is 1. The Morgan fingerprint density at radius 1 is 0.900 bits per heavy atom. The van der Waals surface area contributed by atoms with Crippen molar-refractivity contribution in [1.82, 2.24) is 0 Å². The lowest BCUT2D eigenvalue weighted by molar-refractivity contribution is -0.115. The van der Waals surface area contributed by atoms with Crippen LogP contribution >= 0.6 is 35.0 Å². The maximum Gasteiger partial charge on any atom is 0.262 e. The minimum absolute atomic E-state index is 0.0191. The van der Waals surface area contributed by atoms with E-state index in [9.17, 15) is 13.2 Å². The molecule has 0 aliphatic carbocycles. The Morgan fingerprint density at radius 2 is 1.60 bits per heavy atom. The number of thioether (sulfide) groups is 1. The molecule has 0 aromatic heterocycles. The number of sulfonamides is 1. The van der Waals surface area contributed by atoms with Crippen LogP contribution in [0.4, 0.5) is 11.4 Å². The maximum atomic E-state index is 12.7. The number of benzene rings is 3. The Morgan fingerprint density at radius 3 is 2.33 bits per heavy atom. The van der Waals surface area contributed by atoms with Gasteiger partial charge in [-0.05, 0) is 42.5 Å². The van der Waals surface area contributed by atoms with E-state index < -0.39 is 10.0 Å². The Labute approximate surface area is 189 Å². The van der Waals surface area contributed by atoms with Gasteiger partial charge < -0.3 is 5.32 Å². The fourth-order valence-corrected chi connectivity index (χ4v) is 5.08. The van der Waals surface area contributed by atoms with Crippen LogP contribution in [0, 0.1) is 0 Å². The second kappa shape index (κ2) is 10.2. The molecule has 0 unspecified atom stereocenters. The van der Waals surface area contributed by atoms with Crippen LogP contribution in [0.1, 0.15) is 6.42 Å². The van der Waals surface area contributed by atoms with Crippen molar-refractivity contribution in [2.75, 3.05) is 15.8 Å². The van der Waals surface area contributed by atoms with Crippen molar-refractivity contribution in [2.24, 2.45) is 0 Å². The zero-order valence-electron chi connectivity index (χ0n) is 15.6. The average molecular weight is 481 g/mol. The van der Waals surface area contributed by atoms with Crippen molar-refractivity contribution in [3.05, 3.63) is 82.8 Å². The third-order valence-corrected chi connectivity index (χ3v) is 7.18. The van der Waals surface area contributed by atoms with Gasteiger partial charge >= 0.3 is 0 Å². The highest BCUT2D eigenvalue weighted by molar-refractivity contribution is 7.99. The van der Waals surface area contributed by atoms with Gasteiger partial charge in [0.05, 0.1) is 20.6 Å². The van der Waals surface area contributed by atoms with Crippen LogP contribution in [-0.4, -0.2) is 20.1 Å². The first-order chi connectivity index (χ1) is 14.3. The summed E-state index contributed by atoms with van der Waals surface area (Å²) in [6, 6.07) is 20.0. The van der Waals surface area contributed by atoms with Crippen molar-refractivity contribution in [2.45, 2.75) is 16.2 Å². The fourth-order valence-electron chi connectivity index (χ4n) is 2.53. The van der Waals surface area contributed by atoms with Gasteiger partial charge in [0.25, 0.3) is 10.0 Å². The van der Waals surface area contributed by atoms with Gasteiger partial charge in [0.15, 0.2) is 0 Å². The van der Waals surface area contributed by atoms with Crippen LogP contribution in [0.2, 0.25) is 10.0 Å². The minimum Gasteiger partial charge on any atom is -0.326 e. The molecule has 0 spiro atoms. The molecular weight excluding hydrogens is 463 g/mol. The zero-order chi connectivity index (χ0) is 21.6. The van der Waals surface area contributed by atoms with Crippen molar-refractivity contribution in [3.8, 4) is 0 Å². The van der Waals surface area contributed by atoms with E-state index in [1.807, 2.05) is 18.2 Å². The van der Waals surface area contributed by atoms with Crippen molar-refractivity contribution in [1.29, 1.82) is 0 Å². The highest BCUT2D eigenvalue weighted by atomic mass is 35.5. The summed E-state index contributed by atoms with van der Waals surface area (Å²) in [4.78, 5) is 13.2. The molecule has 0 radical (unpaired) electrons. The van der Waals surface area contributed by atoms with E-state index in [2.05, 4.69) is 10.0 Å². The lowest BCUT2D eigenvalue weighted by Gasteiger charge is -2.11. The number of rotatable bonds is 8. The van der Waals surface area contributed by atoms with Gasteiger partial charge in [-0.15, -0.1) is 11.8 Å². The number of halogens is 2. The molecule has 3 aromatic carbocycles. The van der Waals surface area contributed by atoms with Crippen molar-refractivity contribution < 1.29 is 13.2 Å². The standard InChI is InChI=1S/C21H18Cl2N2O3S2/c22-17-8-1-3-10-19(17)25-30(27,28)16-7-5-6-15(14-16)24-21(26)12-13-29-20-11-4-2-9-18(20)23/h1-11,14,25H,12-13H2,(H,24,26). The van der Waals surface area contributed by atoms with Crippen molar-refractivity contribution >= 4 is 62.3 Å². The summed E-state index contributed by atoms with van der Waals surface area (Å²) in [5.74, 6) is 0.324. The molecule has 0 bridgehead atoms. The summed E-state index contributed by atoms with van der Waals surface area (Å²) in [6.45, 7) is 0. The predicted octanol–water partition coefficient (Wildman–Crippen LogP) is 5.92. The third kappa shape index (κ3) is 6.15. The molecular formula is C21H18Cl2N2O3S2. The minimum atomic E-state index is -3.86. The van der Waals surface area contributed by atoms with Gasteiger partial charge in [0, 0.05) is 22.8 Å². The lowest BCUT2D eigenvalue weighted by atomic mass is 10.3. The van der Waals surface area contributed by atoms with E-state index in [0.29, 0.717) is 21.5 Å². The number of hydrogen-bond donors (Lipinski definition) is 2. The van der Waals surface area contributed by atoms with Gasteiger partial charge in [0.1, 0.15) is 0 Å².